The first-order chi connectivity index (χ1) is 32.4. The van der Waals surface area contributed by atoms with E-state index in [1.54, 1.807) is 42.5 Å². The van der Waals surface area contributed by atoms with E-state index in [1.165, 1.54) is 21.9 Å². The van der Waals surface area contributed by atoms with Gasteiger partial charge in [0.1, 0.15) is 6.15 Å². The summed E-state index contributed by atoms with van der Waals surface area (Å²) in [5, 5.41) is 14.7. The monoisotopic (exact) mass is 967 g/mol. The van der Waals surface area contributed by atoms with E-state index in [1.807, 2.05) is 73.2 Å². The van der Waals surface area contributed by atoms with Crippen LogP contribution in [-0.4, -0.2) is 32.0 Å². The molecule has 328 valence electrons. The van der Waals surface area contributed by atoms with Gasteiger partial charge < -0.3 is 15.2 Å². The van der Waals surface area contributed by atoms with Gasteiger partial charge in [-0.05, 0) is 60.2 Å². The van der Waals surface area contributed by atoms with Crippen LogP contribution in [0.15, 0.2) is 237 Å². The number of benzene rings is 6. The minimum Gasteiger partial charge on any atom is -0.550 e. The number of aromatic nitrogens is 3. The number of para-hydroxylation sites is 2. The van der Waals surface area contributed by atoms with Crippen LogP contribution in [-0.2, 0) is 50.3 Å². The number of halogens is 2. The third-order valence-corrected chi connectivity index (χ3v) is 11.7. The zero-order valence-corrected chi connectivity index (χ0v) is 41.5. The Bertz CT molecular complexity index is 2560. The van der Waals surface area contributed by atoms with Crippen molar-refractivity contribution < 1.29 is 29.4 Å². The van der Waals surface area contributed by atoms with Crippen LogP contribution >= 0.6 is 23.2 Å². The number of hydrogen-bond acceptors (Lipinski definition) is 7. The van der Waals surface area contributed by atoms with Gasteiger partial charge in [0.2, 0.25) is 0 Å². The molecule has 3 heterocycles. The second-order valence-corrected chi connectivity index (χ2v) is 16.4. The number of carbonyl (C=O) groups excluding carboxylic acids is 1. The second-order valence-electron chi connectivity index (χ2n) is 15.5. The minimum atomic E-state index is -1.22. The number of hydrogen-bond donors (Lipinski definition) is 1. The van der Waals surface area contributed by atoms with E-state index in [-0.39, 0.29) is 25.9 Å². The van der Waals surface area contributed by atoms with Crippen LogP contribution in [0.25, 0.3) is 0 Å². The van der Waals surface area contributed by atoms with Crippen LogP contribution in [0.3, 0.4) is 0 Å². The fraction of sp³-hybridized carbons (Fsp3) is 0.0714. The maximum absolute atomic E-state index is 10.7. The molecule has 0 fully saturated rings. The Morgan fingerprint density at radius 2 is 0.806 bits per heavy atom. The molecule has 0 bridgehead atoms. The van der Waals surface area contributed by atoms with Crippen molar-refractivity contribution in [3.63, 3.8) is 0 Å². The Morgan fingerprint density at radius 3 is 1.15 bits per heavy atom. The zero-order chi connectivity index (χ0) is 45.8. The first-order valence-corrected chi connectivity index (χ1v) is 22.4. The summed E-state index contributed by atoms with van der Waals surface area (Å²) in [7, 11) is 0. The number of anilines is 2. The fourth-order valence-corrected chi connectivity index (χ4v) is 8.65. The van der Waals surface area contributed by atoms with Crippen molar-refractivity contribution >= 4 is 68.5 Å². The SMILES string of the molecule is O=C([O-])Cc1ccccc1Nc1c(Cl)cccc1Cl.[Zn+2].c1ccc(CN(Cc2ccccn2)Cc2ccccn2)nc1.c1ccc([B-](c2ccccc2)(c2ccccc2)c2ccccc2)cc1. The molecule has 1 N–H and O–H groups in total. The second kappa shape index (κ2) is 25.8. The van der Waals surface area contributed by atoms with Gasteiger partial charge in [0.15, 0.2) is 0 Å². The van der Waals surface area contributed by atoms with Gasteiger partial charge >= 0.3 is 19.5 Å². The average Bonchev–Trinajstić information content (AvgIpc) is 3.36. The molecule has 0 aliphatic carbocycles. The van der Waals surface area contributed by atoms with Crippen molar-refractivity contribution in [2.75, 3.05) is 5.32 Å². The molecule has 67 heavy (non-hydrogen) atoms. The van der Waals surface area contributed by atoms with E-state index in [2.05, 4.69) is 146 Å². The minimum absolute atomic E-state index is 0. The summed E-state index contributed by atoms with van der Waals surface area (Å²) in [4.78, 5) is 26.3. The maximum atomic E-state index is 10.7. The Labute approximate surface area is 416 Å². The molecule has 9 aromatic rings. The van der Waals surface area contributed by atoms with Crippen LogP contribution in [0, 0.1) is 0 Å². The van der Waals surface area contributed by atoms with Crippen LogP contribution < -0.4 is 32.3 Å². The van der Waals surface area contributed by atoms with E-state index in [9.17, 15) is 9.90 Å². The summed E-state index contributed by atoms with van der Waals surface area (Å²) >= 11 is 12.1. The zero-order valence-electron chi connectivity index (χ0n) is 37.0. The van der Waals surface area contributed by atoms with Crippen molar-refractivity contribution in [2.45, 2.75) is 26.1 Å². The molecule has 0 saturated carbocycles. The summed E-state index contributed by atoms with van der Waals surface area (Å²) in [5.41, 5.74) is 10.3. The molecule has 0 amide bonds. The van der Waals surface area contributed by atoms with Gasteiger partial charge in [-0.1, -0.05) is 187 Å². The van der Waals surface area contributed by atoms with Crippen molar-refractivity contribution in [3.8, 4) is 0 Å². The smallest absolute Gasteiger partial charge is 0.550 e. The standard InChI is InChI=1S/C24H20B.C18H18N4.C14H11Cl2NO2.Zn/c1-5-13-21(14-6-1)25(22-15-7-2-8-16-22,23-17-9-3-10-18-23)24-19-11-4-12-20-24;1-4-10-19-16(7-1)13-22(14-17-8-2-5-11-20-17)15-18-9-3-6-12-21-18;15-10-5-3-6-11(16)14(10)17-12-7-2-1-4-9(12)8-13(18)19;/h1-20H;1-12H,13-15H2;1-7,17H,8H2,(H,18,19);/q-1;;;+2/p-1. The van der Waals surface area contributed by atoms with Crippen LogP contribution in [0.5, 0.6) is 0 Å². The van der Waals surface area contributed by atoms with Crippen LogP contribution in [0.1, 0.15) is 22.6 Å². The van der Waals surface area contributed by atoms with E-state index in [0.29, 0.717) is 27.0 Å². The molecule has 7 nitrogen and oxygen atoms in total. The molecular formula is C56H48BCl2N5O2Zn. The van der Waals surface area contributed by atoms with Gasteiger partial charge in [-0.3, -0.25) is 19.9 Å². The predicted molar refractivity (Wildman–Crippen MR) is 271 cm³/mol. The number of carboxylic acids is 1. The molecule has 3 aromatic heterocycles. The van der Waals surface area contributed by atoms with E-state index in [4.69, 9.17) is 23.2 Å². The largest absolute Gasteiger partial charge is 2.00 e. The van der Waals surface area contributed by atoms with Gasteiger partial charge in [-0.15, -0.1) is 0 Å². The molecule has 0 unspecified atom stereocenters. The number of carbonyl (C=O) groups is 1. The summed E-state index contributed by atoms with van der Waals surface area (Å²) in [6.45, 7) is 2.32. The summed E-state index contributed by atoms with van der Waals surface area (Å²) in [6, 6.07) is 73.7. The molecule has 0 atom stereocenters. The third kappa shape index (κ3) is 13.9. The first kappa shape index (κ1) is 49.7. The van der Waals surface area contributed by atoms with Crippen LogP contribution in [0.2, 0.25) is 10.0 Å². The number of nitrogens with one attached hydrogen (secondary N) is 1. The molecule has 6 aromatic carbocycles. The topological polar surface area (TPSA) is 94.1 Å². The number of aliphatic carboxylic acids is 1. The number of nitrogens with zero attached hydrogens (tertiary/aromatic N) is 4. The molecule has 0 aliphatic rings. The first-order valence-electron chi connectivity index (χ1n) is 21.7. The van der Waals surface area contributed by atoms with Crippen molar-refractivity contribution in [1.82, 2.24) is 19.9 Å². The van der Waals surface area contributed by atoms with E-state index >= 15 is 0 Å². The molecular weight excluding hydrogens is 922 g/mol. The maximum Gasteiger partial charge on any atom is 2.00 e. The molecule has 9 rings (SSSR count). The van der Waals surface area contributed by atoms with E-state index in [0.717, 1.165) is 36.7 Å². The molecule has 0 aliphatic heterocycles. The van der Waals surface area contributed by atoms with Crippen molar-refractivity contribution in [1.29, 1.82) is 0 Å². The van der Waals surface area contributed by atoms with Gasteiger partial charge in [0.25, 0.3) is 0 Å². The quantitative estimate of drug-likeness (QED) is 0.109. The van der Waals surface area contributed by atoms with E-state index < -0.39 is 12.1 Å². The number of rotatable bonds is 14. The van der Waals surface area contributed by atoms with Gasteiger partial charge in [-0.25, -0.2) is 0 Å². The summed E-state index contributed by atoms with van der Waals surface area (Å²) in [5.74, 6) is -1.14. The predicted octanol–water partition coefficient (Wildman–Crippen LogP) is 9.16. The summed E-state index contributed by atoms with van der Waals surface area (Å²) in [6.07, 6.45) is 4.09. The molecule has 0 radical (unpaired) electrons. The van der Waals surface area contributed by atoms with Gasteiger partial charge in [0.05, 0.1) is 32.8 Å². The van der Waals surface area contributed by atoms with Crippen molar-refractivity contribution in [2.24, 2.45) is 0 Å². The Hall–Kier alpha value is -6.73. The average molecular weight is 970 g/mol. The Balaban J connectivity index is 0.000000166. The third-order valence-electron chi connectivity index (χ3n) is 11.1. The number of carboxylic acid groups (broad SMARTS) is 1. The fourth-order valence-electron chi connectivity index (χ4n) is 8.16. The molecule has 11 heteroatoms. The Kier molecular flexibility index (Phi) is 19.2. The van der Waals surface area contributed by atoms with Gasteiger partial charge in [-0.2, -0.15) is 21.9 Å². The summed E-state index contributed by atoms with van der Waals surface area (Å²) < 4.78 is 0. The molecule has 0 saturated heterocycles. The van der Waals surface area contributed by atoms with Crippen molar-refractivity contribution in [3.05, 3.63) is 270 Å². The van der Waals surface area contributed by atoms with Crippen LogP contribution in [0.4, 0.5) is 11.4 Å². The molecule has 0 spiro atoms. The normalized spacial score (nSPS) is 10.6. The number of pyridine rings is 3. The Morgan fingerprint density at radius 1 is 0.463 bits per heavy atom. The van der Waals surface area contributed by atoms with Gasteiger partial charge in [0, 0.05) is 56.3 Å².